The predicted molar refractivity (Wildman–Crippen MR) is 214 cm³/mol. The smallest absolute Gasteiger partial charge is 0.164 e. The molecule has 0 unspecified atom stereocenters. The zero-order valence-electron chi connectivity index (χ0n) is 29.1. The number of hydrogen-bond acceptors (Lipinski definition) is 5. The fourth-order valence-electron chi connectivity index (χ4n) is 8.30. The Balaban J connectivity index is 1.14. The van der Waals surface area contributed by atoms with Crippen LogP contribution in [0.15, 0.2) is 160 Å². The first-order valence-electron chi connectivity index (χ1n) is 17.9. The van der Waals surface area contributed by atoms with Gasteiger partial charge in [0, 0.05) is 43.7 Å². The molecule has 3 heterocycles. The van der Waals surface area contributed by atoms with Crippen molar-refractivity contribution < 1.29 is 8.83 Å². The summed E-state index contributed by atoms with van der Waals surface area (Å²) in [6.07, 6.45) is 0. The lowest BCUT2D eigenvalue weighted by atomic mass is 9.81. The van der Waals surface area contributed by atoms with Crippen molar-refractivity contribution >= 4 is 43.9 Å². The van der Waals surface area contributed by atoms with Crippen LogP contribution < -0.4 is 0 Å². The van der Waals surface area contributed by atoms with Crippen molar-refractivity contribution in [3.63, 3.8) is 0 Å². The van der Waals surface area contributed by atoms with Crippen LogP contribution in [0.2, 0.25) is 0 Å². The number of hydrogen-bond donors (Lipinski definition) is 0. The van der Waals surface area contributed by atoms with Gasteiger partial charge in [-0.2, -0.15) is 0 Å². The van der Waals surface area contributed by atoms with Crippen molar-refractivity contribution in [1.82, 2.24) is 15.0 Å². The third-order valence-electron chi connectivity index (χ3n) is 10.9. The van der Waals surface area contributed by atoms with Gasteiger partial charge in [-0.25, -0.2) is 15.0 Å². The molecule has 0 amide bonds. The molecule has 0 spiro atoms. The van der Waals surface area contributed by atoms with Crippen molar-refractivity contribution in [3.8, 4) is 56.4 Å². The molecule has 0 saturated carbocycles. The zero-order chi connectivity index (χ0) is 35.3. The number of benzene rings is 7. The van der Waals surface area contributed by atoms with Crippen molar-refractivity contribution in [3.05, 3.63) is 163 Å². The van der Waals surface area contributed by atoms with E-state index in [-0.39, 0.29) is 5.41 Å². The zero-order valence-corrected chi connectivity index (χ0v) is 29.1. The van der Waals surface area contributed by atoms with E-state index in [1.807, 2.05) is 66.7 Å². The summed E-state index contributed by atoms with van der Waals surface area (Å²) in [5.41, 5.74) is 13.2. The molecule has 0 bridgehead atoms. The first-order valence-corrected chi connectivity index (χ1v) is 17.9. The molecule has 5 heteroatoms. The molecule has 3 aromatic heterocycles. The minimum absolute atomic E-state index is 0.133. The highest BCUT2D eigenvalue weighted by atomic mass is 16.3. The molecule has 250 valence electrons. The standard InChI is InChI=1S/C48H31N3O2/c1-48(2)38-17-9-6-14-32(38)33-22-20-29(25-39(33)48)37-24-31(27-43-44(37)36-16-8-11-19-41(36)53-43)47-50-45(28-12-4-3-5-13-28)49-46(51-47)30-21-23-35-34-15-7-10-18-40(34)52-42(35)26-30/h3-27H,1-2H3. The van der Waals surface area contributed by atoms with Crippen LogP contribution in [0.1, 0.15) is 25.0 Å². The lowest BCUT2D eigenvalue weighted by molar-refractivity contribution is 0.660. The van der Waals surface area contributed by atoms with Gasteiger partial charge in [0.1, 0.15) is 22.3 Å². The first-order chi connectivity index (χ1) is 26.0. The summed E-state index contributed by atoms with van der Waals surface area (Å²) in [5, 5.41) is 4.29. The Labute approximate surface area is 305 Å². The van der Waals surface area contributed by atoms with Gasteiger partial charge in [-0.3, -0.25) is 0 Å². The van der Waals surface area contributed by atoms with Crippen molar-refractivity contribution in [2.24, 2.45) is 0 Å². The number of aromatic nitrogens is 3. The molecule has 7 aromatic carbocycles. The van der Waals surface area contributed by atoms with E-state index in [2.05, 4.69) is 98.8 Å². The van der Waals surface area contributed by atoms with Crippen LogP contribution >= 0.6 is 0 Å². The highest BCUT2D eigenvalue weighted by Crippen LogP contribution is 2.50. The average Bonchev–Trinajstić information content (AvgIpc) is 3.85. The summed E-state index contributed by atoms with van der Waals surface area (Å²) >= 11 is 0. The van der Waals surface area contributed by atoms with Gasteiger partial charge in [0.25, 0.3) is 0 Å². The van der Waals surface area contributed by atoms with Crippen LogP contribution in [-0.2, 0) is 5.41 Å². The van der Waals surface area contributed by atoms with E-state index in [0.29, 0.717) is 17.5 Å². The van der Waals surface area contributed by atoms with Crippen LogP contribution in [0.4, 0.5) is 0 Å². The van der Waals surface area contributed by atoms with Crippen molar-refractivity contribution in [2.45, 2.75) is 19.3 Å². The fourth-order valence-corrected chi connectivity index (χ4v) is 8.30. The second-order valence-electron chi connectivity index (χ2n) is 14.4. The SMILES string of the molecule is CC1(C)c2ccccc2-c2ccc(-c3cc(-c4nc(-c5ccccc5)nc(-c5ccc6c(c5)oc5ccccc56)n4)cc4oc5ccccc5c34)cc21. The van der Waals surface area contributed by atoms with Gasteiger partial charge in [-0.1, -0.05) is 123 Å². The number of nitrogens with zero attached hydrogens (tertiary/aromatic N) is 3. The number of para-hydroxylation sites is 2. The number of furan rings is 2. The molecule has 10 aromatic rings. The van der Waals surface area contributed by atoms with E-state index in [4.69, 9.17) is 23.8 Å². The molecule has 1 aliphatic rings. The van der Waals surface area contributed by atoms with Gasteiger partial charge >= 0.3 is 0 Å². The molecule has 0 N–H and O–H groups in total. The topological polar surface area (TPSA) is 65.0 Å². The van der Waals surface area contributed by atoms with E-state index >= 15 is 0 Å². The van der Waals surface area contributed by atoms with Gasteiger partial charge in [-0.15, -0.1) is 0 Å². The largest absolute Gasteiger partial charge is 0.456 e. The van der Waals surface area contributed by atoms with E-state index in [1.165, 1.54) is 22.3 Å². The maximum absolute atomic E-state index is 6.58. The van der Waals surface area contributed by atoms with E-state index in [9.17, 15) is 0 Å². The Hall–Kier alpha value is -6.85. The molecule has 0 aliphatic heterocycles. The van der Waals surface area contributed by atoms with Crippen LogP contribution in [0.5, 0.6) is 0 Å². The second kappa shape index (κ2) is 11.1. The summed E-state index contributed by atoms with van der Waals surface area (Å²) in [5.74, 6) is 1.73. The molecule has 0 radical (unpaired) electrons. The molecule has 53 heavy (non-hydrogen) atoms. The normalized spacial score (nSPS) is 13.2. The molecule has 11 rings (SSSR count). The summed E-state index contributed by atoms with van der Waals surface area (Å²) in [6.45, 7) is 4.64. The molecule has 0 atom stereocenters. The van der Waals surface area contributed by atoms with Gasteiger partial charge < -0.3 is 8.83 Å². The van der Waals surface area contributed by atoms with E-state index in [1.54, 1.807) is 0 Å². The maximum atomic E-state index is 6.58. The van der Waals surface area contributed by atoms with E-state index in [0.717, 1.165) is 71.7 Å². The fraction of sp³-hybridized carbons (Fsp3) is 0.0625. The lowest BCUT2D eigenvalue weighted by Crippen LogP contribution is -2.14. The highest BCUT2D eigenvalue weighted by molar-refractivity contribution is 6.14. The Bertz CT molecular complexity index is 3100. The summed E-state index contributed by atoms with van der Waals surface area (Å²) < 4.78 is 12.9. The molecule has 0 saturated heterocycles. The monoisotopic (exact) mass is 681 g/mol. The van der Waals surface area contributed by atoms with Crippen LogP contribution in [-0.4, -0.2) is 15.0 Å². The van der Waals surface area contributed by atoms with Gasteiger partial charge in [0.15, 0.2) is 17.5 Å². The third kappa shape index (κ3) is 4.54. The van der Waals surface area contributed by atoms with Crippen LogP contribution in [0.3, 0.4) is 0 Å². The summed E-state index contributed by atoms with van der Waals surface area (Å²) in [6, 6.07) is 52.6. The quantitative estimate of drug-likeness (QED) is 0.185. The summed E-state index contributed by atoms with van der Waals surface area (Å²) in [7, 11) is 0. The van der Waals surface area contributed by atoms with E-state index < -0.39 is 0 Å². The summed E-state index contributed by atoms with van der Waals surface area (Å²) in [4.78, 5) is 15.3. The molecule has 5 nitrogen and oxygen atoms in total. The van der Waals surface area contributed by atoms with Crippen LogP contribution in [0.25, 0.3) is 100 Å². The average molecular weight is 682 g/mol. The number of rotatable bonds is 4. The second-order valence-corrected chi connectivity index (χ2v) is 14.4. The Morgan fingerprint density at radius 2 is 0.962 bits per heavy atom. The number of fused-ring (bicyclic) bond motifs is 9. The predicted octanol–water partition coefficient (Wildman–Crippen LogP) is 12.6. The van der Waals surface area contributed by atoms with Crippen molar-refractivity contribution in [2.75, 3.05) is 0 Å². The maximum Gasteiger partial charge on any atom is 0.164 e. The molecular formula is C48H31N3O2. The molecular weight excluding hydrogens is 651 g/mol. The Morgan fingerprint density at radius 1 is 0.377 bits per heavy atom. The first kappa shape index (κ1) is 29.8. The van der Waals surface area contributed by atoms with Crippen molar-refractivity contribution in [1.29, 1.82) is 0 Å². The Morgan fingerprint density at radius 3 is 1.79 bits per heavy atom. The third-order valence-corrected chi connectivity index (χ3v) is 10.9. The van der Waals surface area contributed by atoms with Gasteiger partial charge in [0.2, 0.25) is 0 Å². The minimum atomic E-state index is -0.133. The van der Waals surface area contributed by atoms with Gasteiger partial charge in [0.05, 0.1) is 0 Å². The Kier molecular flexibility index (Phi) is 6.23. The highest BCUT2D eigenvalue weighted by Gasteiger charge is 2.35. The lowest BCUT2D eigenvalue weighted by Gasteiger charge is -2.22. The van der Waals surface area contributed by atoms with Gasteiger partial charge in [-0.05, 0) is 75.8 Å². The molecule has 1 aliphatic carbocycles. The molecule has 0 fully saturated rings. The minimum Gasteiger partial charge on any atom is -0.456 e. The van der Waals surface area contributed by atoms with Crippen LogP contribution in [0, 0.1) is 0 Å².